The number of ether oxygens (including phenoxy) is 1. The van der Waals surface area contributed by atoms with E-state index in [9.17, 15) is 0 Å². The lowest BCUT2D eigenvalue weighted by Crippen LogP contribution is -2.12. The van der Waals surface area contributed by atoms with Gasteiger partial charge in [-0.15, -0.1) is 6.58 Å². The van der Waals surface area contributed by atoms with Crippen LogP contribution in [-0.2, 0) is 4.74 Å². The zero-order valence-corrected chi connectivity index (χ0v) is 9.39. The van der Waals surface area contributed by atoms with Crippen molar-refractivity contribution >= 4 is 0 Å². The predicted octanol–water partition coefficient (Wildman–Crippen LogP) is 3.58. The maximum Gasteiger partial charge on any atom is 0.0860 e. The lowest BCUT2D eigenvalue weighted by molar-refractivity contribution is 0.0420. The highest BCUT2D eigenvalue weighted by molar-refractivity contribution is 5.20. The Morgan fingerprint density at radius 1 is 1.20 bits per heavy atom. The minimum atomic E-state index is 0.226. The zero-order valence-electron chi connectivity index (χ0n) is 9.39. The third kappa shape index (κ3) is 1.84. The lowest BCUT2D eigenvalue weighted by atomic mass is 9.87. The van der Waals surface area contributed by atoms with E-state index in [1.54, 1.807) is 0 Å². The van der Waals surface area contributed by atoms with Crippen molar-refractivity contribution in [3.8, 4) is 0 Å². The summed E-state index contributed by atoms with van der Waals surface area (Å²) in [5.74, 6) is 0.982. The summed E-state index contributed by atoms with van der Waals surface area (Å²) in [6.07, 6.45) is 2.53. The third-order valence-corrected chi connectivity index (χ3v) is 3.39. The second-order valence-corrected chi connectivity index (χ2v) is 4.34. The minimum Gasteiger partial charge on any atom is -0.370 e. The van der Waals surface area contributed by atoms with E-state index in [-0.39, 0.29) is 12.2 Å². The smallest absolute Gasteiger partial charge is 0.0860 e. The monoisotopic (exact) mass is 202 g/mol. The van der Waals surface area contributed by atoms with Crippen LogP contribution in [0.5, 0.6) is 0 Å². The molecule has 0 unspecified atom stereocenters. The summed E-state index contributed by atoms with van der Waals surface area (Å²) < 4.78 is 5.99. The molecule has 2 rings (SSSR count). The fourth-order valence-electron chi connectivity index (χ4n) is 2.51. The molecule has 0 saturated carbocycles. The van der Waals surface area contributed by atoms with Gasteiger partial charge in [0.1, 0.15) is 0 Å². The van der Waals surface area contributed by atoms with E-state index in [1.165, 1.54) is 5.56 Å². The Morgan fingerprint density at radius 3 is 2.40 bits per heavy atom. The van der Waals surface area contributed by atoms with Gasteiger partial charge in [0.25, 0.3) is 0 Å². The van der Waals surface area contributed by atoms with Gasteiger partial charge in [-0.05, 0) is 18.4 Å². The second-order valence-electron chi connectivity index (χ2n) is 4.34. The van der Waals surface area contributed by atoms with E-state index in [0.29, 0.717) is 11.8 Å². The van der Waals surface area contributed by atoms with E-state index in [4.69, 9.17) is 4.74 Å². The Morgan fingerprint density at radius 2 is 1.87 bits per heavy atom. The minimum absolute atomic E-state index is 0.226. The molecule has 1 heterocycles. The predicted molar refractivity (Wildman–Crippen MR) is 62.6 cm³/mol. The van der Waals surface area contributed by atoms with Crippen molar-refractivity contribution in [2.45, 2.75) is 26.1 Å². The Balaban J connectivity index is 2.23. The number of hydrogen-bond acceptors (Lipinski definition) is 1. The highest BCUT2D eigenvalue weighted by Gasteiger charge is 2.38. The highest BCUT2D eigenvalue weighted by atomic mass is 16.5. The Labute approximate surface area is 91.8 Å². The first kappa shape index (κ1) is 10.4. The highest BCUT2D eigenvalue weighted by Crippen LogP contribution is 2.42. The van der Waals surface area contributed by atoms with Crippen LogP contribution in [0.25, 0.3) is 0 Å². The van der Waals surface area contributed by atoms with Gasteiger partial charge >= 0.3 is 0 Å². The van der Waals surface area contributed by atoms with Crippen molar-refractivity contribution in [3.63, 3.8) is 0 Å². The fourth-order valence-corrected chi connectivity index (χ4v) is 2.51. The summed E-state index contributed by atoms with van der Waals surface area (Å²) >= 11 is 0. The lowest BCUT2D eigenvalue weighted by Gasteiger charge is -2.16. The van der Waals surface area contributed by atoms with Gasteiger partial charge in [-0.1, -0.05) is 43.3 Å². The molecule has 0 spiro atoms. The molecule has 0 aliphatic carbocycles. The first-order chi connectivity index (χ1) is 7.24. The van der Waals surface area contributed by atoms with Crippen molar-refractivity contribution in [1.82, 2.24) is 0 Å². The van der Waals surface area contributed by atoms with Gasteiger partial charge in [0.15, 0.2) is 0 Å². The van der Waals surface area contributed by atoms with Gasteiger partial charge < -0.3 is 4.74 Å². The first-order valence-electron chi connectivity index (χ1n) is 5.57. The van der Waals surface area contributed by atoms with Crippen LogP contribution in [-0.4, -0.2) is 6.10 Å². The summed E-state index contributed by atoms with van der Waals surface area (Å²) in [7, 11) is 0. The largest absolute Gasteiger partial charge is 0.370 e. The van der Waals surface area contributed by atoms with Crippen LogP contribution < -0.4 is 0 Å². The van der Waals surface area contributed by atoms with Crippen LogP contribution in [0.4, 0.5) is 0 Å². The maximum atomic E-state index is 5.99. The number of hydrogen-bond donors (Lipinski definition) is 0. The van der Waals surface area contributed by atoms with E-state index >= 15 is 0 Å². The van der Waals surface area contributed by atoms with Crippen LogP contribution in [0, 0.1) is 11.8 Å². The summed E-state index contributed by atoms with van der Waals surface area (Å²) in [5.41, 5.74) is 1.28. The molecule has 1 fully saturated rings. The van der Waals surface area contributed by atoms with Gasteiger partial charge in [-0.25, -0.2) is 0 Å². The van der Waals surface area contributed by atoms with Crippen molar-refractivity contribution in [2.75, 3.05) is 0 Å². The summed E-state index contributed by atoms with van der Waals surface area (Å²) in [6.45, 7) is 8.27. The van der Waals surface area contributed by atoms with Crippen LogP contribution in [0.15, 0.2) is 43.0 Å². The van der Waals surface area contributed by atoms with E-state index in [1.807, 2.05) is 12.1 Å². The second kappa shape index (κ2) is 4.19. The Kier molecular flexibility index (Phi) is 2.92. The number of rotatable bonds is 2. The fraction of sp³-hybridized carbons (Fsp3) is 0.429. The quantitative estimate of drug-likeness (QED) is 0.666. The normalized spacial score (nSPS) is 35.3. The molecule has 1 saturated heterocycles. The van der Waals surface area contributed by atoms with Crippen LogP contribution in [0.1, 0.15) is 25.5 Å². The number of benzene rings is 1. The molecule has 80 valence electrons. The molecular weight excluding hydrogens is 184 g/mol. The summed E-state index contributed by atoms with van der Waals surface area (Å²) in [4.78, 5) is 0. The molecule has 0 amide bonds. The molecule has 4 atom stereocenters. The third-order valence-electron chi connectivity index (χ3n) is 3.39. The van der Waals surface area contributed by atoms with Crippen LogP contribution in [0.2, 0.25) is 0 Å². The van der Waals surface area contributed by atoms with Gasteiger partial charge in [0, 0.05) is 5.92 Å². The molecule has 1 aliphatic heterocycles. The molecule has 0 N–H and O–H groups in total. The van der Waals surface area contributed by atoms with Crippen molar-refractivity contribution in [3.05, 3.63) is 48.6 Å². The van der Waals surface area contributed by atoms with Gasteiger partial charge in [-0.2, -0.15) is 0 Å². The molecule has 1 heteroatoms. The molecule has 1 aliphatic rings. The maximum absolute atomic E-state index is 5.99. The van der Waals surface area contributed by atoms with Gasteiger partial charge in [0.05, 0.1) is 12.2 Å². The molecule has 1 aromatic rings. The zero-order chi connectivity index (χ0) is 10.8. The van der Waals surface area contributed by atoms with Gasteiger partial charge in [0.2, 0.25) is 0 Å². The van der Waals surface area contributed by atoms with Gasteiger partial charge in [-0.3, -0.25) is 0 Å². The summed E-state index contributed by atoms with van der Waals surface area (Å²) in [6, 6.07) is 10.4. The van der Waals surface area contributed by atoms with E-state index in [2.05, 4.69) is 44.7 Å². The van der Waals surface area contributed by atoms with E-state index < -0.39 is 0 Å². The average molecular weight is 202 g/mol. The average Bonchev–Trinajstić information content (AvgIpc) is 2.55. The molecule has 1 nitrogen and oxygen atoms in total. The van der Waals surface area contributed by atoms with E-state index in [0.717, 1.165) is 0 Å². The SMILES string of the molecule is C=C[C@@H]1[C@@H](C)[C@H](c2ccccc2)O[C@@H]1C. The Hall–Kier alpha value is -1.08. The molecule has 0 radical (unpaired) electrons. The molecule has 15 heavy (non-hydrogen) atoms. The molecular formula is C14H18O. The molecule has 0 aromatic heterocycles. The molecule has 0 bridgehead atoms. The Bertz CT molecular complexity index is 330. The van der Waals surface area contributed by atoms with Crippen molar-refractivity contribution < 1.29 is 4.74 Å². The van der Waals surface area contributed by atoms with Crippen LogP contribution in [0.3, 0.4) is 0 Å². The summed E-state index contributed by atoms with van der Waals surface area (Å²) in [5, 5.41) is 0. The standard InChI is InChI=1S/C14H18O/c1-4-13-10(2)14(15-11(13)3)12-8-6-5-7-9-12/h4-11,13-14H,1H2,2-3H3/t10-,11-,13-,14-/m1/s1. The molecule has 1 aromatic carbocycles. The topological polar surface area (TPSA) is 9.23 Å². The van der Waals surface area contributed by atoms with Crippen molar-refractivity contribution in [2.24, 2.45) is 11.8 Å². The first-order valence-corrected chi connectivity index (χ1v) is 5.57. The van der Waals surface area contributed by atoms with Crippen LogP contribution >= 0.6 is 0 Å². The van der Waals surface area contributed by atoms with Crippen molar-refractivity contribution in [1.29, 1.82) is 0 Å².